The first-order valence-electron chi connectivity index (χ1n) is 8.24. The van der Waals surface area contributed by atoms with Crippen molar-refractivity contribution in [2.75, 3.05) is 6.61 Å². The lowest BCUT2D eigenvalue weighted by Gasteiger charge is -2.37. The third kappa shape index (κ3) is 2.64. The van der Waals surface area contributed by atoms with E-state index >= 15 is 0 Å². The first-order valence-corrected chi connectivity index (χ1v) is 8.24. The second-order valence-electron chi connectivity index (χ2n) is 6.30. The Hall–Kier alpha value is -2.42. The van der Waals surface area contributed by atoms with Gasteiger partial charge >= 0.3 is 0 Å². The third-order valence-electron chi connectivity index (χ3n) is 4.46. The Morgan fingerprint density at radius 1 is 0.708 bits per heavy atom. The van der Waals surface area contributed by atoms with Crippen molar-refractivity contribution in [3.8, 4) is 0 Å². The summed E-state index contributed by atoms with van der Waals surface area (Å²) in [4.78, 5) is 0. The summed E-state index contributed by atoms with van der Waals surface area (Å²) >= 11 is 0. The number of benzene rings is 3. The van der Waals surface area contributed by atoms with E-state index in [-0.39, 0.29) is 0 Å². The third-order valence-corrected chi connectivity index (χ3v) is 4.46. The van der Waals surface area contributed by atoms with Gasteiger partial charge in [-0.2, -0.15) is 0 Å². The Balaban J connectivity index is 1.99. The van der Waals surface area contributed by atoms with Gasteiger partial charge in [0.25, 0.3) is 0 Å². The molecule has 3 aromatic rings. The predicted octanol–water partition coefficient (Wildman–Crippen LogP) is 4.74. The van der Waals surface area contributed by atoms with Gasteiger partial charge < -0.3 is 9.47 Å². The number of ether oxygens (including phenoxy) is 2. The molecule has 1 atom stereocenters. The minimum absolute atomic E-state index is 0.554. The van der Waals surface area contributed by atoms with Crippen molar-refractivity contribution in [2.24, 2.45) is 0 Å². The highest BCUT2D eigenvalue weighted by atomic mass is 16.8. The van der Waals surface area contributed by atoms with Gasteiger partial charge in [0.2, 0.25) is 0 Å². The zero-order chi connectivity index (χ0) is 16.5. The zero-order valence-electron chi connectivity index (χ0n) is 13.7. The molecule has 0 radical (unpaired) electrons. The molecule has 24 heavy (non-hydrogen) atoms. The summed E-state index contributed by atoms with van der Waals surface area (Å²) < 4.78 is 12.3. The maximum atomic E-state index is 6.67. The van der Waals surface area contributed by atoms with Gasteiger partial charge in [0.1, 0.15) is 12.2 Å². The molecule has 1 aliphatic rings. The van der Waals surface area contributed by atoms with E-state index < -0.39 is 11.4 Å². The van der Waals surface area contributed by atoms with Crippen LogP contribution in [-0.4, -0.2) is 12.4 Å². The van der Waals surface area contributed by atoms with Gasteiger partial charge in [-0.1, -0.05) is 91.0 Å². The molecule has 2 heteroatoms. The second-order valence-corrected chi connectivity index (χ2v) is 6.30. The quantitative estimate of drug-likeness (QED) is 0.501. The Morgan fingerprint density at radius 2 is 1.04 bits per heavy atom. The maximum Gasteiger partial charge on any atom is 0.191 e. The molecule has 3 aromatic carbocycles. The molecule has 2 nitrogen and oxygen atoms in total. The molecule has 4 rings (SSSR count). The molecule has 0 bridgehead atoms. The minimum Gasteiger partial charge on any atom is -0.342 e. The lowest BCUT2D eigenvalue weighted by Crippen LogP contribution is -2.37. The molecule has 0 amide bonds. The predicted molar refractivity (Wildman–Crippen MR) is 94.7 cm³/mol. The molecule has 1 aliphatic heterocycles. The van der Waals surface area contributed by atoms with Crippen LogP contribution in [0.25, 0.3) is 0 Å². The molecule has 0 aliphatic carbocycles. The van der Waals surface area contributed by atoms with Crippen LogP contribution in [0.3, 0.4) is 0 Å². The fourth-order valence-corrected chi connectivity index (χ4v) is 3.18. The van der Waals surface area contributed by atoms with E-state index in [0.29, 0.717) is 6.61 Å². The highest BCUT2D eigenvalue weighted by molar-refractivity contribution is 5.47. The van der Waals surface area contributed by atoms with Crippen LogP contribution in [0.2, 0.25) is 0 Å². The van der Waals surface area contributed by atoms with Crippen molar-refractivity contribution in [1.82, 2.24) is 0 Å². The van der Waals surface area contributed by atoms with Crippen LogP contribution in [0.1, 0.15) is 23.6 Å². The van der Waals surface area contributed by atoms with Crippen LogP contribution in [0.4, 0.5) is 0 Å². The highest BCUT2D eigenvalue weighted by Gasteiger charge is 2.50. The van der Waals surface area contributed by atoms with Crippen LogP contribution in [0.5, 0.6) is 0 Å². The number of rotatable bonds is 5. The molecule has 0 N–H and O–H groups in total. The highest BCUT2D eigenvalue weighted by Crippen LogP contribution is 2.46. The average molecular weight is 316 g/mol. The maximum absolute atomic E-state index is 6.67. The molecule has 1 saturated heterocycles. The first kappa shape index (κ1) is 15.1. The summed E-state index contributed by atoms with van der Waals surface area (Å²) in [6.45, 7) is 2.61. The van der Waals surface area contributed by atoms with Crippen molar-refractivity contribution < 1.29 is 9.47 Å². The van der Waals surface area contributed by atoms with Gasteiger partial charge in [-0.15, -0.1) is 0 Å². The van der Waals surface area contributed by atoms with Crippen LogP contribution < -0.4 is 0 Å². The van der Waals surface area contributed by atoms with Crippen molar-refractivity contribution >= 4 is 0 Å². The lowest BCUT2D eigenvalue weighted by atomic mass is 9.80. The summed E-state index contributed by atoms with van der Waals surface area (Å²) in [6.07, 6.45) is 0. The Labute approximate surface area is 142 Å². The van der Waals surface area contributed by atoms with Gasteiger partial charge in [0.05, 0.1) is 0 Å². The van der Waals surface area contributed by atoms with Gasteiger partial charge in [-0.3, -0.25) is 0 Å². The molecule has 0 aromatic heterocycles. The Morgan fingerprint density at radius 3 is 1.33 bits per heavy atom. The van der Waals surface area contributed by atoms with Crippen molar-refractivity contribution in [2.45, 2.75) is 18.3 Å². The topological polar surface area (TPSA) is 21.8 Å². The van der Waals surface area contributed by atoms with Crippen molar-refractivity contribution in [3.05, 3.63) is 108 Å². The molecule has 1 unspecified atom stereocenters. The first-order chi connectivity index (χ1) is 11.7. The number of hydrogen-bond donors (Lipinski definition) is 0. The second kappa shape index (κ2) is 5.90. The summed E-state index contributed by atoms with van der Waals surface area (Å²) in [7, 11) is 0. The van der Waals surface area contributed by atoms with E-state index in [9.17, 15) is 0 Å². The largest absolute Gasteiger partial charge is 0.342 e. The van der Waals surface area contributed by atoms with Crippen molar-refractivity contribution in [1.29, 1.82) is 0 Å². The van der Waals surface area contributed by atoms with Crippen LogP contribution >= 0.6 is 0 Å². The Kier molecular flexibility index (Phi) is 3.72. The summed E-state index contributed by atoms with van der Waals surface area (Å²) in [5.74, 6) is -0.554. The number of epoxide rings is 1. The lowest BCUT2D eigenvalue weighted by molar-refractivity contribution is -0.108. The molecular formula is C22H20O2. The standard InChI is InChI=1S/C22H20O2/c1-21(17-23-21)24-22(18-11-5-2-6-12-18,19-13-7-3-8-14-19)20-15-9-4-10-16-20/h2-16H,17H2,1H3. The molecule has 1 heterocycles. The van der Waals surface area contributed by atoms with E-state index in [1.807, 2.05) is 25.1 Å². The van der Waals surface area contributed by atoms with Gasteiger partial charge in [0, 0.05) is 0 Å². The summed E-state index contributed by atoms with van der Waals surface area (Å²) in [5.41, 5.74) is 2.59. The fraction of sp³-hybridized carbons (Fsp3) is 0.182. The van der Waals surface area contributed by atoms with Gasteiger partial charge in [-0.05, 0) is 23.6 Å². The fourth-order valence-electron chi connectivity index (χ4n) is 3.18. The normalized spacial score (nSPS) is 19.9. The monoisotopic (exact) mass is 316 g/mol. The Bertz CT molecular complexity index is 696. The van der Waals surface area contributed by atoms with Crippen LogP contribution in [0, 0.1) is 0 Å². The minimum atomic E-state index is -0.699. The van der Waals surface area contributed by atoms with E-state index in [0.717, 1.165) is 16.7 Å². The van der Waals surface area contributed by atoms with Gasteiger partial charge in [0.15, 0.2) is 5.79 Å². The van der Waals surface area contributed by atoms with Crippen LogP contribution in [0.15, 0.2) is 91.0 Å². The van der Waals surface area contributed by atoms with Crippen LogP contribution in [-0.2, 0) is 15.1 Å². The van der Waals surface area contributed by atoms with E-state index in [1.165, 1.54) is 0 Å². The molecule has 120 valence electrons. The number of hydrogen-bond acceptors (Lipinski definition) is 2. The SMILES string of the molecule is CC1(OC(c2ccccc2)(c2ccccc2)c2ccccc2)CO1. The summed E-state index contributed by atoms with van der Waals surface area (Å²) in [6, 6.07) is 31.1. The van der Waals surface area contributed by atoms with Crippen molar-refractivity contribution in [3.63, 3.8) is 0 Å². The van der Waals surface area contributed by atoms with E-state index in [4.69, 9.17) is 9.47 Å². The smallest absolute Gasteiger partial charge is 0.191 e. The van der Waals surface area contributed by atoms with E-state index in [1.54, 1.807) is 0 Å². The molecule has 1 fully saturated rings. The molecule has 0 saturated carbocycles. The zero-order valence-corrected chi connectivity index (χ0v) is 13.7. The molecule has 0 spiro atoms. The average Bonchev–Trinajstić information content (AvgIpc) is 3.39. The van der Waals surface area contributed by atoms with Gasteiger partial charge in [-0.25, -0.2) is 0 Å². The molecular weight excluding hydrogens is 296 g/mol. The summed E-state index contributed by atoms with van der Waals surface area (Å²) in [5, 5.41) is 0. The van der Waals surface area contributed by atoms with E-state index in [2.05, 4.69) is 72.8 Å².